The van der Waals surface area contributed by atoms with E-state index in [0.29, 0.717) is 6.61 Å². The number of ether oxygens (including phenoxy) is 2. The summed E-state index contributed by atoms with van der Waals surface area (Å²) in [6.45, 7) is 5.39. The number of morpholine rings is 1. The van der Waals surface area contributed by atoms with Crippen LogP contribution < -0.4 is 10.4 Å². The van der Waals surface area contributed by atoms with Gasteiger partial charge >= 0.3 is 5.69 Å². The third-order valence-corrected chi connectivity index (χ3v) is 3.58. The van der Waals surface area contributed by atoms with E-state index in [1.54, 1.807) is 6.20 Å². The first-order valence-electron chi connectivity index (χ1n) is 7.23. The largest absolute Gasteiger partial charge is 0.494 e. The summed E-state index contributed by atoms with van der Waals surface area (Å²) in [4.78, 5) is 19.9. The molecule has 0 atom stereocenters. The van der Waals surface area contributed by atoms with Crippen molar-refractivity contribution in [3.05, 3.63) is 34.9 Å². The van der Waals surface area contributed by atoms with Crippen LogP contribution in [0.25, 0.3) is 10.9 Å². The highest BCUT2D eigenvalue weighted by molar-refractivity contribution is 5.78. The van der Waals surface area contributed by atoms with Gasteiger partial charge in [-0.25, -0.2) is 9.78 Å². The van der Waals surface area contributed by atoms with Crippen molar-refractivity contribution < 1.29 is 9.47 Å². The molecule has 1 aliphatic heterocycles. The number of benzene rings is 1. The molecule has 0 aliphatic carbocycles. The van der Waals surface area contributed by atoms with Crippen molar-refractivity contribution in [3.63, 3.8) is 0 Å². The van der Waals surface area contributed by atoms with Gasteiger partial charge in [-0.1, -0.05) is 0 Å². The SMILES string of the molecule is O=c1ncc2cc(OCCCN3CCOCC3)ccc2[nH]1. The Morgan fingerprint density at radius 2 is 2.19 bits per heavy atom. The molecule has 0 amide bonds. The number of nitrogens with zero attached hydrogens (tertiary/aromatic N) is 2. The highest BCUT2D eigenvalue weighted by Crippen LogP contribution is 2.17. The minimum absolute atomic E-state index is 0.332. The molecule has 21 heavy (non-hydrogen) atoms. The first kappa shape index (κ1) is 14.0. The van der Waals surface area contributed by atoms with Crippen LogP contribution in [-0.4, -0.2) is 54.3 Å². The molecule has 1 N–H and O–H groups in total. The minimum Gasteiger partial charge on any atom is -0.494 e. The molecular weight excluding hydrogens is 270 g/mol. The lowest BCUT2D eigenvalue weighted by molar-refractivity contribution is 0.0358. The van der Waals surface area contributed by atoms with Crippen molar-refractivity contribution in [1.82, 2.24) is 14.9 Å². The zero-order valence-corrected chi connectivity index (χ0v) is 11.9. The highest BCUT2D eigenvalue weighted by atomic mass is 16.5. The van der Waals surface area contributed by atoms with Gasteiger partial charge in [-0.05, 0) is 24.6 Å². The first-order valence-corrected chi connectivity index (χ1v) is 7.23. The molecule has 0 radical (unpaired) electrons. The lowest BCUT2D eigenvalue weighted by atomic mass is 10.2. The molecule has 2 heterocycles. The van der Waals surface area contributed by atoms with E-state index in [9.17, 15) is 4.79 Å². The molecular formula is C15H19N3O3. The van der Waals surface area contributed by atoms with Crippen LogP contribution in [0.5, 0.6) is 5.75 Å². The van der Waals surface area contributed by atoms with Crippen molar-refractivity contribution >= 4 is 10.9 Å². The van der Waals surface area contributed by atoms with Crippen LogP contribution in [0.1, 0.15) is 6.42 Å². The summed E-state index contributed by atoms with van der Waals surface area (Å²) in [5.41, 5.74) is 0.442. The summed E-state index contributed by atoms with van der Waals surface area (Å²) < 4.78 is 11.1. The summed E-state index contributed by atoms with van der Waals surface area (Å²) in [5.74, 6) is 0.804. The molecule has 2 aromatic rings. The van der Waals surface area contributed by atoms with E-state index in [4.69, 9.17) is 9.47 Å². The predicted molar refractivity (Wildman–Crippen MR) is 79.7 cm³/mol. The van der Waals surface area contributed by atoms with E-state index < -0.39 is 0 Å². The molecule has 0 unspecified atom stereocenters. The minimum atomic E-state index is -0.332. The lowest BCUT2D eigenvalue weighted by Crippen LogP contribution is -2.37. The second kappa shape index (κ2) is 6.69. The average Bonchev–Trinajstić information content (AvgIpc) is 2.52. The maximum atomic E-state index is 11.1. The second-order valence-corrected chi connectivity index (χ2v) is 5.09. The van der Waals surface area contributed by atoms with Gasteiger partial charge in [0, 0.05) is 31.2 Å². The Balaban J connectivity index is 1.50. The fraction of sp³-hybridized carbons (Fsp3) is 0.467. The van der Waals surface area contributed by atoms with Gasteiger partial charge in [-0.3, -0.25) is 4.90 Å². The van der Waals surface area contributed by atoms with E-state index in [1.165, 1.54) is 0 Å². The van der Waals surface area contributed by atoms with Crippen LogP contribution in [0.2, 0.25) is 0 Å². The van der Waals surface area contributed by atoms with Crippen LogP contribution in [0, 0.1) is 0 Å². The third-order valence-electron chi connectivity index (χ3n) is 3.58. The quantitative estimate of drug-likeness (QED) is 0.833. The van der Waals surface area contributed by atoms with Gasteiger partial charge in [-0.15, -0.1) is 0 Å². The van der Waals surface area contributed by atoms with Crippen molar-refractivity contribution in [2.45, 2.75) is 6.42 Å². The van der Waals surface area contributed by atoms with Crippen LogP contribution in [-0.2, 0) is 4.74 Å². The smallest absolute Gasteiger partial charge is 0.345 e. The Kier molecular flexibility index (Phi) is 4.47. The molecule has 0 saturated carbocycles. The monoisotopic (exact) mass is 289 g/mol. The maximum Gasteiger partial charge on any atom is 0.345 e. The van der Waals surface area contributed by atoms with Gasteiger partial charge in [0.1, 0.15) is 5.75 Å². The zero-order chi connectivity index (χ0) is 14.5. The van der Waals surface area contributed by atoms with Crippen molar-refractivity contribution in [2.75, 3.05) is 39.5 Å². The van der Waals surface area contributed by atoms with Crippen LogP contribution in [0.4, 0.5) is 0 Å². The maximum absolute atomic E-state index is 11.1. The number of hydrogen-bond acceptors (Lipinski definition) is 5. The summed E-state index contributed by atoms with van der Waals surface area (Å²) >= 11 is 0. The number of H-pyrrole nitrogens is 1. The third kappa shape index (κ3) is 3.80. The Labute approximate surface area is 122 Å². The molecule has 1 aliphatic rings. The fourth-order valence-corrected chi connectivity index (χ4v) is 2.43. The van der Waals surface area contributed by atoms with Crippen molar-refractivity contribution in [3.8, 4) is 5.75 Å². The number of fused-ring (bicyclic) bond motifs is 1. The molecule has 1 fully saturated rings. The van der Waals surface area contributed by atoms with Crippen LogP contribution in [0.15, 0.2) is 29.2 Å². The molecule has 3 rings (SSSR count). The van der Waals surface area contributed by atoms with E-state index in [2.05, 4.69) is 14.9 Å². The van der Waals surface area contributed by atoms with E-state index in [-0.39, 0.29) is 5.69 Å². The molecule has 6 nitrogen and oxygen atoms in total. The molecule has 1 aromatic heterocycles. The second-order valence-electron chi connectivity index (χ2n) is 5.09. The van der Waals surface area contributed by atoms with Crippen LogP contribution in [0.3, 0.4) is 0 Å². The van der Waals surface area contributed by atoms with Gasteiger partial charge < -0.3 is 14.5 Å². The molecule has 1 saturated heterocycles. The first-order chi connectivity index (χ1) is 10.3. The lowest BCUT2D eigenvalue weighted by Gasteiger charge is -2.26. The van der Waals surface area contributed by atoms with Crippen molar-refractivity contribution in [1.29, 1.82) is 0 Å². The molecule has 0 bridgehead atoms. The normalized spacial score (nSPS) is 16.2. The summed E-state index contributed by atoms with van der Waals surface area (Å²) in [6.07, 6.45) is 2.55. The number of aromatic nitrogens is 2. The van der Waals surface area contributed by atoms with E-state index >= 15 is 0 Å². The number of aromatic amines is 1. The highest BCUT2D eigenvalue weighted by Gasteiger charge is 2.09. The van der Waals surface area contributed by atoms with Gasteiger partial charge in [0.2, 0.25) is 0 Å². The zero-order valence-electron chi connectivity index (χ0n) is 11.9. The fourth-order valence-electron chi connectivity index (χ4n) is 2.43. The summed E-state index contributed by atoms with van der Waals surface area (Å²) in [7, 11) is 0. The van der Waals surface area contributed by atoms with Gasteiger partial charge in [0.15, 0.2) is 0 Å². The average molecular weight is 289 g/mol. The predicted octanol–water partition coefficient (Wildman–Crippen LogP) is 1.02. The Bertz CT molecular complexity index is 650. The number of hydrogen-bond donors (Lipinski definition) is 1. The van der Waals surface area contributed by atoms with Gasteiger partial charge in [-0.2, -0.15) is 0 Å². The molecule has 112 valence electrons. The Hall–Kier alpha value is -1.92. The number of nitrogens with one attached hydrogen (secondary N) is 1. The summed E-state index contributed by atoms with van der Waals surface area (Å²) in [5, 5.41) is 0.875. The van der Waals surface area contributed by atoms with E-state index in [0.717, 1.165) is 55.9 Å². The van der Waals surface area contributed by atoms with Gasteiger partial charge in [0.25, 0.3) is 0 Å². The topological polar surface area (TPSA) is 67.4 Å². The molecule has 1 aromatic carbocycles. The molecule has 0 spiro atoms. The van der Waals surface area contributed by atoms with Crippen LogP contribution >= 0.6 is 0 Å². The number of rotatable bonds is 5. The van der Waals surface area contributed by atoms with Crippen molar-refractivity contribution in [2.24, 2.45) is 0 Å². The molecule has 6 heteroatoms. The summed E-state index contributed by atoms with van der Waals surface area (Å²) in [6, 6.07) is 5.61. The standard InChI is InChI=1S/C15H19N3O3/c19-15-16-11-12-10-13(2-3-14(12)17-15)21-7-1-4-18-5-8-20-9-6-18/h2-3,10-11H,1,4-9H2,(H,16,17,19). The Morgan fingerprint density at radius 1 is 1.33 bits per heavy atom. The Morgan fingerprint density at radius 3 is 3.05 bits per heavy atom. The van der Waals surface area contributed by atoms with E-state index in [1.807, 2.05) is 18.2 Å². The van der Waals surface area contributed by atoms with Gasteiger partial charge in [0.05, 0.1) is 25.3 Å².